The Labute approximate surface area is 174 Å². The van der Waals surface area contributed by atoms with Crippen molar-refractivity contribution in [2.75, 3.05) is 38.6 Å². The van der Waals surface area contributed by atoms with Crippen LogP contribution < -0.4 is 29.7 Å². The van der Waals surface area contributed by atoms with Crippen LogP contribution >= 0.6 is 12.2 Å². The van der Waals surface area contributed by atoms with E-state index in [1.54, 1.807) is 31.3 Å². The van der Waals surface area contributed by atoms with Gasteiger partial charge in [-0.1, -0.05) is 6.07 Å². The molecule has 2 amide bonds. The molecule has 0 radical (unpaired) electrons. The van der Waals surface area contributed by atoms with Crippen molar-refractivity contribution in [3.63, 3.8) is 0 Å². The zero-order valence-corrected chi connectivity index (χ0v) is 17.7. The fourth-order valence-corrected chi connectivity index (χ4v) is 2.73. The van der Waals surface area contributed by atoms with E-state index in [1.807, 2.05) is 0 Å². The normalized spacial score (nSPS) is 9.97. The van der Waals surface area contributed by atoms with Crippen LogP contribution in [0.1, 0.15) is 17.3 Å². The number of hydrogen-bond donors (Lipinski definition) is 2. The van der Waals surface area contributed by atoms with Gasteiger partial charge in [0.05, 0.1) is 21.3 Å². The van der Waals surface area contributed by atoms with Crippen molar-refractivity contribution in [1.82, 2.24) is 5.32 Å². The maximum Gasteiger partial charge on any atom is 0.257 e. The first-order valence-electron chi connectivity index (χ1n) is 8.57. The monoisotopic (exact) mass is 417 g/mol. The lowest BCUT2D eigenvalue weighted by Crippen LogP contribution is -2.34. The van der Waals surface area contributed by atoms with Crippen LogP contribution in [0.5, 0.6) is 17.2 Å². The van der Waals surface area contributed by atoms with E-state index < -0.39 is 5.91 Å². The van der Waals surface area contributed by atoms with E-state index in [1.165, 1.54) is 45.3 Å². The molecule has 0 aliphatic heterocycles. The predicted molar refractivity (Wildman–Crippen MR) is 115 cm³/mol. The fourth-order valence-electron chi connectivity index (χ4n) is 2.52. The average molecular weight is 417 g/mol. The number of nitrogens with one attached hydrogen (secondary N) is 2. The number of carbonyl (C=O) groups excluding carboxylic acids is 2. The van der Waals surface area contributed by atoms with Crippen LogP contribution in [0.2, 0.25) is 0 Å². The lowest BCUT2D eigenvalue weighted by atomic mass is 10.1. The molecule has 2 aromatic carbocycles. The lowest BCUT2D eigenvalue weighted by Gasteiger charge is -2.17. The molecule has 2 rings (SSSR count). The van der Waals surface area contributed by atoms with Gasteiger partial charge in [-0.2, -0.15) is 0 Å². The second-order valence-electron chi connectivity index (χ2n) is 5.95. The Bertz CT molecular complexity index is 907. The van der Waals surface area contributed by atoms with Gasteiger partial charge in [0.15, 0.2) is 16.6 Å². The standard InChI is InChI=1S/C20H23N3O5S/c1-12(24)23(2)15-8-6-7-14(11-15)21-20(29)22-19(25)13-9-16(26-3)18(28-5)17(10-13)27-4/h6-11H,1-5H3,(H2,21,22,25,29). The van der Waals surface area contributed by atoms with Crippen molar-refractivity contribution in [2.45, 2.75) is 6.92 Å². The first kappa shape index (κ1) is 22.0. The third-order valence-corrected chi connectivity index (χ3v) is 4.32. The van der Waals surface area contributed by atoms with E-state index in [0.717, 1.165) is 0 Å². The van der Waals surface area contributed by atoms with Crippen LogP contribution in [0.15, 0.2) is 36.4 Å². The molecule has 0 saturated carbocycles. The first-order valence-corrected chi connectivity index (χ1v) is 8.98. The molecular weight excluding hydrogens is 394 g/mol. The van der Waals surface area contributed by atoms with Crippen LogP contribution in [0, 0.1) is 0 Å². The Morgan fingerprint density at radius 3 is 2.14 bits per heavy atom. The number of hydrogen-bond acceptors (Lipinski definition) is 6. The second-order valence-corrected chi connectivity index (χ2v) is 6.36. The van der Waals surface area contributed by atoms with E-state index in [-0.39, 0.29) is 16.6 Å². The van der Waals surface area contributed by atoms with Gasteiger partial charge in [-0.25, -0.2) is 0 Å². The van der Waals surface area contributed by atoms with Gasteiger partial charge in [0.1, 0.15) is 0 Å². The summed E-state index contributed by atoms with van der Waals surface area (Å²) in [5, 5.41) is 5.64. The van der Waals surface area contributed by atoms with Crippen LogP contribution in [0.25, 0.3) is 0 Å². The summed E-state index contributed by atoms with van der Waals surface area (Å²) in [6.45, 7) is 1.47. The summed E-state index contributed by atoms with van der Waals surface area (Å²) in [5.74, 6) is 0.560. The number of nitrogens with zero attached hydrogens (tertiary/aromatic N) is 1. The molecule has 2 N–H and O–H groups in total. The number of benzene rings is 2. The van der Waals surface area contributed by atoms with E-state index in [0.29, 0.717) is 28.6 Å². The highest BCUT2D eigenvalue weighted by Gasteiger charge is 2.18. The zero-order chi connectivity index (χ0) is 21.6. The molecule has 0 atom stereocenters. The predicted octanol–water partition coefficient (Wildman–Crippen LogP) is 2.82. The Morgan fingerprint density at radius 1 is 1.00 bits per heavy atom. The minimum absolute atomic E-state index is 0.0968. The van der Waals surface area contributed by atoms with Gasteiger partial charge in [-0.05, 0) is 42.5 Å². The second kappa shape index (κ2) is 9.74. The molecule has 9 heteroatoms. The van der Waals surface area contributed by atoms with Crippen molar-refractivity contribution in [3.05, 3.63) is 42.0 Å². The minimum atomic E-state index is -0.446. The Hall–Kier alpha value is -3.33. The van der Waals surface area contributed by atoms with Crippen molar-refractivity contribution in [3.8, 4) is 17.2 Å². The van der Waals surface area contributed by atoms with Gasteiger partial charge in [0.25, 0.3) is 5.91 Å². The Balaban J connectivity index is 2.15. The van der Waals surface area contributed by atoms with Crippen LogP contribution in [0.3, 0.4) is 0 Å². The SMILES string of the molecule is COc1cc(C(=O)NC(=S)Nc2cccc(N(C)C(C)=O)c2)cc(OC)c1OC. The highest BCUT2D eigenvalue weighted by atomic mass is 32.1. The Morgan fingerprint density at radius 2 is 1.62 bits per heavy atom. The molecule has 0 heterocycles. The maximum atomic E-state index is 12.6. The molecule has 0 saturated heterocycles. The number of methoxy groups -OCH3 is 3. The number of amides is 2. The van der Waals surface area contributed by atoms with Gasteiger partial charge in [-0.15, -0.1) is 0 Å². The van der Waals surface area contributed by atoms with Crippen molar-refractivity contribution < 1.29 is 23.8 Å². The van der Waals surface area contributed by atoms with Crippen molar-refractivity contribution in [2.24, 2.45) is 0 Å². The topological polar surface area (TPSA) is 89.1 Å². The van der Waals surface area contributed by atoms with E-state index in [4.69, 9.17) is 26.4 Å². The summed E-state index contributed by atoms with van der Waals surface area (Å²) in [7, 11) is 6.09. The lowest BCUT2D eigenvalue weighted by molar-refractivity contribution is -0.116. The number of thiocarbonyl (C=S) groups is 1. The molecule has 2 aromatic rings. The van der Waals surface area contributed by atoms with Gasteiger partial charge in [-0.3, -0.25) is 14.9 Å². The zero-order valence-electron chi connectivity index (χ0n) is 16.9. The molecule has 8 nitrogen and oxygen atoms in total. The quantitative estimate of drug-likeness (QED) is 0.699. The summed E-state index contributed by atoms with van der Waals surface area (Å²) < 4.78 is 15.8. The molecule has 29 heavy (non-hydrogen) atoms. The number of rotatable bonds is 6. The van der Waals surface area contributed by atoms with E-state index in [9.17, 15) is 9.59 Å². The smallest absolute Gasteiger partial charge is 0.257 e. The largest absolute Gasteiger partial charge is 0.493 e. The average Bonchev–Trinajstić information content (AvgIpc) is 2.71. The summed E-state index contributed by atoms with van der Waals surface area (Å²) in [5.41, 5.74) is 1.61. The molecule has 0 fully saturated rings. The van der Waals surface area contributed by atoms with Crippen LogP contribution in [-0.2, 0) is 4.79 Å². The minimum Gasteiger partial charge on any atom is -0.493 e. The summed E-state index contributed by atoms with van der Waals surface area (Å²) in [6.07, 6.45) is 0. The molecule has 0 aromatic heterocycles. The summed E-state index contributed by atoms with van der Waals surface area (Å²) in [4.78, 5) is 25.6. The van der Waals surface area contributed by atoms with Gasteiger partial charge < -0.3 is 24.4 Å². The third-order valence-electron chi connectivity index (χ3n) is 4.12. The fraction of sp³-hybridized carbons (Fsp3) is 0.250. The van der Waals surface area contributed by atoms with Gasteiger partial charge in [0.2, 0.25) is 11.7 Å². The van der Waals surface area contributed by atoms with Crippen molar-refractivity contribution in [1.29, 1.82) is 0 Å². The number of carbonyl (C=O) groups is 2. The number of anilines is 2. The molecule has 0 spiro atoms. The van der Waals surface area contributed by atoms with E-state index >= 15 is 0 Å². The molecule has 154 valence electrons. The highest BCUT2D eigenvalue weighted by molar-refractivity contribution is 7.80. The van der Waals surface area contributed by atoms with Crippen LogP contribution in [0.4, 0.5) is 11.4 Å². The highest BCUT2D eigenvalue weighted by Crippen LogP contribution is 2.38. The van der Waals surface area contributed by atoms with Gasteiger partial charge >= 0.3 is 0 Å². The van der Waals surface area contributed by atoms with Crippen molar-refractivity contribution >= 4 is 40.5 Å². The Kier molecular flexibility index (Phi) is 7.38. The summed E-state index contributed by atoms with van der Waals surface area (Å²) in [6, 6.07) is 10.2. The first-order chi connectivity index (χ1) is 13.8. The molecule has 0 aliphatic rings. The van der Waals surface area contributed by atoms with Crippen LogP contribution in [-0.4, -0.2) is 45.3 Å². The third kappa shape index (κ3) is 5.35. The number of ether oxygens (including phenoxy) is 3. The molecule has 0 bridgehead atoms. The molecule has 0 unspecified atom stereocenters. The van der Waals surface area contributed by atoms with Gasteiger partial charge in [0, 0.05) is 30.9 Å². The van der Waals surface area contributed by atoms with E-state index in [2.05, 4.69) is 10.6 Å². The molecular formula is C20H23N3O5S. The molecule has 0 aliphatic carbocycles. The summed E-state index contributed by atoms with van der Waals surface area (Å²) >= 11 is 5.23. The maximum absolute atomic E-state index is 12.6.